The molecule has 0 fully saturated rings. The molecule has 0 radical (unpaired) electrons. The molecule has 2 aromatic heterocycles. The van der Waals surface area contributed by atoms with Crippen LogP contribution in [0.3, 0.4) is 0 Å². The Balaban J connectivity index is 1.70. The van der Waals surface area contributed by atoms with Gasteiger partial charge >= 0.3 is 0 Å². The Bertz CT molecular complexity index is 752. The van der Waals surface area contributed by atoms with E-state index in [-0.39, 0.29) is 0 Å². The molecule has 0 saturated heterocycles. The minimum Gasteiger partial charge on any atom is -0.444 e. The molecule has 0 saturated carbocycles. The lowest BCUT2D eigenvalue weighted by Gasteiger charge is -2.18. The van der Waals surface area contributed by atoms with Crippen molar-refractivity contribution in [3.8, 4) is 11.5 Å². The van der Waals surface area contributed by atoms with Crippen molar-refractivity contribution in [2.75, 3.05) is 6.54 Å². The van der Waals surface area contributed by atoms with E-state index in [1.807, 2.05) is 36.7 Å². The van der Waals surface area contributed by atoms with Crippen molar-refractivity contribution >= 4 is 0 Å². The third-order valence-corrected chi connectivity index (χ3v) is 3.81. The predicted molar refractivity (Wildman–Crippen MR) is 90.7 cm³/mol. The zero-order valence-electron chi connectivity index (χ0n) is 13.6. The van der Waals surface area contributed by atoms with E-state index in [1.165, 1.54) is 11.1 Å². The maximum absolute atomic E-state index is 5.65. The Morgan fingerprint density at radius 1 is 1.09 bits per heavy atom. The lowest BCUT2D eigenvalue weighted by atomic mass is 10.1. The average Bonchev–Trinajstić information content (AvgIpc) is 3.04. The molecule has 0 N–H and O–H groups in total. The van der Waals surface area contributed by atoms with Crippen molar-refractivity contribution in [3.05, 3.63) is 71.9 Å². The summed E-state index contributed by atoms with van der Waals surface area (Å²) < 4.78 is 5.65. The van der Waals surface area contributed by atoms with Crippen molar-refractivity contribution in [2.45, 2.75) is 26.9 Å². The molecule has 0 aliphatic carbocycles. The number of hydrogen-bond donors (Lipinski definition) is 0. The first-order valence-corrected chi connectivity index (χ1v) is 7.87. The molecule has 0 unspecified atom stereocenters. The Morgan fingerprint density at radius 3 is 2.65 bits per heavy atom. The molecule has 3 rings (SSSR count). The van der Waals surface area contributed by atoms with Gasteiger partial charge in [0.1, 0.15) is 6.26 Å². The zero-order chi connectivity index (χ0) is 16.1. The molecule has 4 nitrogen and oxygen atoms in total. The van der Waals surface area contributed by atoms with Crippen LogP contribution in [-0.4, -0.2) is 21.4 Å². The minimum atomic E-state index is 0.684. The van der Waals surface area contributed by atoms with Crippen LogP contribution in [0.25, 0.3) is 11.5 Å². The first kappa shape index (κ1) is 15.4. The third-order valence-electron chi connectivity index (χ3n) is 3.81. The highest BCUT2D eigenvalue weighted by molar-refractivity contribution is 5.54. The lowest BCUT2D eigenvalue weighted by Crippen LogP contribution is -2.22. The van der Waals surface area contributed by atoms with Crippen molar-refractivity contribution < 1.29 is 4.42 Å². The van der Waals surface area contributed by atoms with Gasteiger partial charge in [-0.1, -0.05) is 24.6 Å². The molecular weight excluding hydrogens is 286 g/mol. The molecule has 0 spiro atoms. The normalized spacial score (nSPS) is 11.1. The summed E-state index contributed by atoms with van der Waals surface area (Å²) in [6.45, 7) is 6.83. The highest BCUT2D eigenvalue weighted by Crippen LogP contribution is 2.20. The van der Waals surface area contributed by atoms with Crippen LogP contribution in [0.5, 0.6) is 0 Å². The summed E-state index contributed by atoms with van der Waals surface area (Å²) in [5.74, 6) is 0.684. The second kappa shape index (κ2) is 7.20. The second-order valence-electron chi connectivity index (χ2n) is 5.67. The van der Waals surface area contributed by atoms with Gasteiger partial charge in [0.05, 0.1) is 5.69 Å². The van der Waals surface area contributed by atoms with Crippen molar-refractivity contribution in [1.82, 2.24) is 14.9 Å². The van der Waals surface area contributed by atoms with Gasteiger partial charge in [0.15, 0.2) is 0 Å². The summed E-state index contributed by atoms with van der Waals surface area (Å²) in [5, 5.41) is 0. The average molecular weight is 307 g/mol. The third kappa shape index (κ3) is 4.05. The second-order valence-corrected chi connectivity index (χ2v) is 5.67. The molecule has 0 amide bonds. The summed E-state index contributed by atoms with van der Waals surface area (Å²) in [4.78, 5) is 11.0. The lowest BCUT2D eigenvalue weighted by molar-refractivity contribution is 0.268. The molecule has 0 aliphatic heterocycles. The van der Waals surface area contributed by atoms with Crippen LogP contribution in [0.1, 0.15) is 23.7 Å². The maximum atomic E-state index is 5.65. The van der Waals surface area contributed by atoms with Gasteiger partial charge in [0.2, 0.25) is 5.89 Å². The number of rotatable bonds is 6. The number of benzene rings is 1. The van der Waals surface area contributed by atoms with Gasteiger partial charge in [-0.15, -0.1) is 0 Å². The largest absolute Gasteiger partial charge is 0.444 e. The van der Waals surface area contributed by atoms with Crippen LogP contribution in [0, 0.1) is 6.92 Å². The molecule has 3 aromatic rings. The molecule has 1 aromatic carbocycles. The Hall–Kier alpha value is -2.46. The van der Waals surface area contributed by atoms with Gasteiger partial charge in [-0.25, -0.2) is 4.98 Å². The Labute approximate surface area is 136 Å². The molecule has 4 heteroatoms. The molecule has 0 aliphatic rings. The van der Waals surface area contributed by atoms with Crippen LogP contribution in [0.4, 0.5) is 0 Å². The molecule has 2 heterocycles. The molecule has 0 bridgehead atoms. The Kier molecular flexibility index (Phi) is 4.83. The van der Waals surface area contributed by atoms with Crippen LogP contribution in [-0.2, 0) is 13.1 Å². The summed E-state index contributed by atoms with van der Waals surface area (Å²) in [7, 11) is 0. The predicted octanol–water partition coefficient (Wildman–Crippen LogP) is 4.07. The van der Waals surface area contributed by atoms with Gasteiger partial charge in [0, 0.05) is 31.0 Å². The van der Waals surface area contributed by atoms with Crippen molar-refractivity contribution in [2.24, 2.45) is 0 Å². The smallest absolute Gasteiger partial charge is 0.226 e. The van der Waals surface area contributed by atoms with E-state index < -0.39 is 0 Å². The van der Waals surface area contributed by atoms with Gasteiger partial charge in [-0.05, 0) is 43.3 Å². The number of aryl methyl sites for hydroxylation is 1. The first-order chi connectivity index (χ1) is 11.2. The quantitative estimate of drug-likeness (QED) is 0.688. The van der Waals surface area contributed by atoms with Gasteiger partial charge in [-0.3, -0.25) is 9.88 Å². The number of oxazole rings is 1. The highest BCUT2D eigenvalue weighted by atomic mass is 16.3. The van der Waals surface area contributed by atoms with Gasteiger partial charge in [-0.2, -0.15) is 0 Å². The van der Waals surface area contributed by atoms with Crippen molar-refractivity contribution in [1.29, 1.82) is 0 Å². The summed E-state index contributed by atoms with van der Waals surface area (Å²) in [6.07, 6.45) is 5.41. The summed E-state index contributed by atoms with van der Waals surface area (Å²) >= 11 is 0. The fraction of sp³-hybridized carbons (Fsp3) is 0.263. The van der Waals surface area contributed by atoms with E-state index >= 15 is 0 Å². The van der Waals surface area contributed by atoms with E-state index in [0.717, 1.165) is 30.9 Å². The summed E-state index contributed by atoms with van der Waals surface area (Å²) in [6, 6.07) is 12.3. The van der Waals surface area contributed by atoms with E-state index in [9.17, 15) is 0 Å². The fourth-order valence-corrected chi connectivity index (χ4v) is 2.55. The standard InChI is InChI=1S/C19H21N3O/c1-3-22(12-16-7-9-20-10-8-16)13-18-14-23-19(21-18)17-6-4-5-15(2)11-17/h4-11,14H,3,12-13H2,1-2H3. The van der Waals surface area contributed by atoms with E-state index in [1.54, 1.807) is 6.26 Å². The number of nitrogens with zero attached hydrogens (tertiary/aromatic N) is 3. The van der Waals surface area contributed by atoms with Crippen LogP contribution < -0.4 is 0 Å². The monoisotopic (exact) mass is 307 g/mol. The highest BCUT2D eigenvalue weighted by Gasteiger charge is 2.11. The van der Waals surface area contributed by atoms with Gasteiger partial charge < -0.3 is 4.42 Å². The SMILES string of the molecule is CCN(Cc1ccncc1)Cc1coc(-c2cccc(C)c2)n1. The van der Waals surface area contributed by atoms with Crippen LogP contribution in [0.2, 0.25) is 0 Å². The number of pyridine rings is 1. The van der Waals surface area contributed by atoms with E-state index in [4.69, 9.17) is 4.42 Å². The molecular formula is C19H21N3O. The summed E-state index contributed by atoms with van der Waals surface area (Å²) in [5.41, 5.74) is 4.44. The van der Waals surface area contributed by atoms with E-state index in [0.29, 0.717) is 5.89 Å². The number of aromatic nitrogens is 2. The topological polar surface area (TPSA) is 42.2 Å². The fourth-order valence-electron chi connectivity index (χ4n) is 2.55. The first-order valence-electron chi connectivity index (χ1n) is 7.87. The number of hydrogen-bond acceptors (Lipinski definition) is 4. The van der Waals surface area contributed by atoms with Gasteiger partial charge in [0.25, 0.3) is 0 Å². The minimum absolute atomic E-state index is 0.684. The zero-order valence-corrected chi connectivity index (χ0v) is 13.6. The Morgan fingerprint density at radius 2 is 1.91 bits per heavy atom. The van der Waals surface area contributed by atoms with E-state index in [2.05, 4.69) is 40.8 Å². The van der Waals surface area contributed by atoms with Crippen LogP contribution in [0.15, 0.2) is 59.5 Å². The molecule has 23 heavy (non-hydrogen) atoms. The molecule has 118 valence electrons. The van der Waals surface area contributed by atoms with Crippen molar-refractivity contribution in [3.63, 3.8) is 0 Å². The molecule has 0 atom stereocenters. The van der Waals surface area contributed by atoms with Crippen LogP contribution >= 0.6 is 0 Å². The maximum Gasteiger partial charge on any atom is 0.226 e.